The Morgan fingerprint density at radius 3 is 1.66 bits per heavy atom. The van der Waals surface area contributed by atoms with Crippen molar-refractivity contribution in [3.63, 3.8) is 0 Å². The smallest absolute Gasteiger partial charge is 0.0562 e. The molecule has 0 radical (unpaired) electrons. The van der Waals surface area contributed by atoms with Crippen molar-refractivity contribution >= 4 is 43.6 Å². The number of nitrogens with zero attached hydrogens (tertiary/aromatic N) is 2. The Morgan fingerprint density at radius 2 is 0.906 bits per heavy atom. The Kier molecular flexibility index (Phi) is 6.33. The molecule has 0 unspecified atom stereocenters. The van der Waals surface area contributed by atoms with Gasteiger partial charge in [-0.25, -0.2) is 0 Å². The monoisotopic (exact) mass is 676 g/mol. The number of para-hydroxylation sites is 2. The lowest BCUT2D eigenvalue weighted by molar-refractivity contribution is 0.656. The first-order valence-corrected chi connectivity index (χ1v) is 18.5. The predicted octanol–water partition coefficient (Wildman–Crippen LogP) is 13.5. The normalized spacial score (nSPS) is 13.2. The summed E-state index contributed by atoms with van der Waals surface area (Å²) in [4.78, 5) is 0. The van der Waals surface area contributed by atoms with Gasteiger partial charge in [0.2, 0.25) is 0 Å². The number of benzene rings is 8. The van der Waals surface area contributed by atoms with Crippen molar-refractivity contribution < 1.29 is 0 Å². The molecule has 250 valence electrons. The van der Waals surface area contributed by atoms with Crippen molar-refractivity contribution in [2.24, 2.45) is 0 Å². The lowest BCUT2D eigenvalue weighted by Crippen LogP contribution is -2.18. The lowest BCUT2D eigenvalue weighted by Gasteiger charge is -2.25. The third kappa shape index (κ3) is 4.33. The van der Waals surface area contributed by atoms with Crippen LogP contribution in [0.2, 0.25) is 0 Å². The zero-order chi connectivity index (χ0) is 35.3. The molecule has 0 saturated heterocycles. The molecular formula is C51H36N2. The van der Waals surface area contributed by atoms with Crippen LogP contribution in [-0.4, -0.2) is 9.13 Å². The highest BCUT2D eigenvalue weighted by Crippen LogP contribution is 2.52. The summed E-state index contributed by atoms with van der Waals surface area (Å²) in [5, 5.41) is 5.07. The molecule has 2 heterocycles. The van der Waals surface area contributed by atoms with Gasteiger partial charge < -0.3 is 9.13 Å². The van der Waals surface area contributed by atoms with E-state index in [9.17, 15) is 0 Å². The van der Waals surface area contributed by atoms with E-state index in [1.807, 2.05) is 0 Å². The van der Waals surface area contributed by atoms with Gasteiger partial charge in [-0.05, 0) is 87.0 Å². The number of fused-ring (bicyclic) bond motifs is 9. The van der Waals surface area contributed by atoms with Crippen LogP contribution in [-0.2, 0) is 5.41 Å². The van der Waals surface area contributed by atoms with Crippen molar-refractivity contribution in [1.82, 2.24) is 9.13 Å². The van der Waals surface area contributed by atoms with Gasteiger partial charge in [-0.2, -0.15) is 0 Å². The molecule has 10 aromatic rings. The third-order valence-corrected chi connectivity index (χ3v) is 11.7. The highest BCUT2D eigenvalue weighted by Gasteiger charge is 2.38. The maximum absolute atomic E-state index is 2.53. The largest absolute Gasteiger partial charge is 0.309 e. The van der Waals surface area contributed by atoms with Gasteiger partial charge in [0.1, 0.15) is 0 Å². The zero-order valence-corrected chi connectivity index (χ0v) is 29.7. The van der Waals surface area contributed by atoms with Gasteiger partial charge in [0.25, 0.3) is 0 Å². The molecule has 0 atom stereocenters. The minimum Gasteiger partial charge on any atom is -0.309 e. The van der Waals surface area contributed by atoms with Crippen LogP contribution in [0.4, 0.5) is 0 Å². The van der Waals surface area contributed by atoms with Crippen molar-refractivity contribution in [3.05, 3.63) is 193 Å². The molecule has 0 bridgehead atoms. The van der Waals surface area contributed by atoms with Crippen LogP contribution in [0, 0.1) is 0 Å². The SMILES string of the molecule is CC1(C)c2ccccc2-c2cccc(-n3c4ccccc4c4cc5c6ccccc6n(-c6cccc(-c7ccc(-c8ccccc8)cc7)c6)c5cc43)c21. The maximum Gasteiger partial charge on any atom is 0.0562 e. The van der Waals surface area contributed by atoms with E-state index in [0.717, 1.165) is 5.69 Å². The summed E-state index contributed by atoms with van der Waals surface area (Å²) in [6.45, 7) is 4.76. The molecular weight excluding hydrogens is 641 g/mol. The van der Waals surface area contributed by atoms with E-state index in [1.165, 1.54) is 93.8 Å². The van der Waals surface area contributed by atoms with Gasteiger partial charge in [0, 0.05) is 32.6 Å². The van der Waals surface area contributed by atoms with E-state index in [1.54, 1.807) is 0 Å². The van der Waals surface area contributed by atoms with Crippen molar-refractivity contribution in [3.8, 4) is 44.8 Å². The number of hydrogen-bond donors (Lipinski definition) is 0. The summed E-state index contributed by atoms with van der Waals surface area (Å²) >= 11 is 0. The topological polar surface area (TPSA) is 9.86 Å². The van der Waals surface area contributed by atoms with Crippen molar-refractivity contribution in [2.75, 3.05) is 0 Å². The second-order valence-corrected chi connectivity index (χ2v) is 15.0. The second kappa shape index (κ2) is 11.2. The maximum atomic E-state index is 2.53. The number of aromatic nitrogens is 2. The summed E-state index contributed by atoms with van der Waals surface area (Å²) in [5.74, 6) is 0. The standard InChI is InChI=1S/C51H36N2/c1-51(2)44-22-9-6-18-38(44)41-21-13-25-47(50(41)51)53-46-24-11-8-20-40(46)43-31-42-39-19-7-10-23-45(39)52(48(42)32-49(43)53)37-17-12-16-36(30-37)35-28-26-34(27-29-35)33-14-4-3-5-15-33/h3-32H,1-2H3. The zero-order valence-electron chi connectivity index (χ0n) is 29.7. The van der Waals surface area contributed by atoms with E-state index in [-0.39, 0.29) is 5.41 Å². The van der Waals surface area contributed by atoms with Crippen LogP contribution < -0.4 is 0 Å². The van der Waals surface area contributed by atoms with Gasteiger partial charge in [0.15, 0.2) is 0 Å². The van der Waals surface area contributed by atoms with Crippen LogP contribution in [0.15, 0.2) is 182 Å². The quantitative estimate of drug-likeness (QED) is 0.176. The first-order chi connectivity index (χ1) is 26.1. The Hall–Kier alpha value is -6.64. The molecule has 0 saturated carbocycles. The molecule has 2 heteroatoms. The first-order valence-electron chi connectivity index (χ1n) is 18.5. The minimum atomic E-state index is -0.140. The average molecular weight is 677 g/mol. The minimum absolute atomic E-state index is 0.140. The fourth-order valence-corrected chi connectivity index (χ4v) is 9.28. The molecule has 0 N–H and O–H groups in total. The van der Waals surface area contributed by atoms with Gasteiger partial charge in [-0.15, -0.1) is 0 Å². The molecule has 0 aliphatic heterocycles. The van der Waals surface area contributed by atoms with Gasteiger partial charge >= 0.3 is 0 Å². The summed E-state index contributed by atoms with van der Waals surface area (Å²) in [5.41, 5.74) is 17.4. The molecule has 2 aromatic heterocycles. The molecule has 8 aromatic carbocycles. The summed E-state index contributed by atoms with van der Waals surface area (Å²) in [7, 11) is 0. The average Bonchev–Trinajstić information content (AvgIpc) is 3.80. The highest BCUT2D eigenvalue weighted by atomic mass is 15.0. The van der Waals surface area contributed by atoms with E-state index in [0.29, 0.717) is 0 Å². The number of rotatable bonds is 4. The van der Waals surface area contributed by atoms with Gasteiger partial charge in [-0.3, -0.25) is 0 Å². The van der Waals surface area contributed by atoms with Crippen LogP contribution in [0.25, 0.3) is 88.4 Å². The van der Waals surface area contributed by atoms with Crippen LogP contribution >= 0.6 is 0 Å². The van der Waals surface area contributed by atoms with E-state index < -0.39 is 0 Å². The molecule has 1 aliphatic carbocycles. The molecule has 11 rings (SSSR count). The molecule has 0 amide bonds. The summed E-state index contributed by atoms with van der Waals surface area (Å²) < 4.78 is 4.99. The fraction of sp³-hybridized carbons (Fsp3) is 0.0588. The fourth-order valence-electron chi connectivity index (χ4n) is 9.28. The Balaban J connectivity index is 1.15. The lowest BCUT2D eigenvalue weighted by atomic mass is 9.81. The van der Waals surface area contributed by atoms with Crippen LogP contribution in [0.1, 0.15) is 25.0 Å². The molecule has 0 fully saturated rings. The highest BCUT2D eigenvalue weighted by molar-refractivity contribution is 6.19. The predicted molar refractivity (Wildman–Crippen MR) is 224 cm³/mol. The Bertz CT molecular complexity index is 3060. The van der Waals surface area contributed by atoms with Crippen LogP contribution in [0.5, 0.6) is 0 Å². The summed E-state index contributed by atoms with van der Waals surface area (Å²) in [6.07, 6.45) is 0. The van der Waals surface area contributed by atoms with E-state index in [4.69, 9.17) is 0 Å². The van der Waals surface area contributed by atoms with E-state index in [2.05, 4.69) is 205 Å². The van der Waals surface area contributed by atoms with Gasteiger partial charge in [0.05, 0.1) is 27.8 Å². The molecule has 1 aliphatic rings. The second-order valence-electron chi connectivity index (χ2n) is 15.0. The molecule has 0 spiro atoms. The Morgan fingerprint density at radius 1 is 0.358 bits per heavy atom. The third-order valence-electron chi connectivity index (χ3n) is 11.7. The number of hydrogen-bond acceptors (Lipinski definition) is 0. The van der Waals surface area contributed by atoms with Crippen LogP contribution in [0.3, 0.4) is 0 Å². The summed E-state index contributed by atoms with van der Waals surface area (Å²) in [6, 6.07) is 67.0. The molecule has 2 nitrogen and oxygen atoms in total. The van der Waals surface area contributed by atoms with E-state index >= 15 is 0 Å². The molecule has 53 heavy (non-hydrogen) atoms. The Labute approximate surface area is 308 Å². The first kappa shape index (κ1) is 30.0. The van der Waals surface area contributed by atoms with Crippen molar-refractivity contribution in [1.29, 1.82) is 0 Å². The van der Waals surface area contributed by atoms with Crippen molar-refractivity contribution in [2.45, 2.75) is 19.3 Å². The van der Waals surface area contributed by atoms with Gasteiger partial charge in [-0.1, -0.05) is 153 Å².